The van der Waals surface area contributed by atoms with E-state index in [0.29, 0.717) is 17.7 Å². The molecule has 7 nitrogen and oxygen atoms in total. The molecular weight excluding hydrogens is 306 g/mol. The molecule has 24 heavy (non-hydrogen) atoms. The van der Waals surface area contributed by atoms with E-state index in [9.17, 15) is 9.90 Å². The first-order chi connectivity index (χ1) is 11.7. The van der Waals surface area contributed by atoms with Crippen molar-refractivity contribution in [2.45, 2.75) is 18.6 Å². The van der Waals surface area contributed by atoms with Crippen LogP contribution < -0.4 is 5.32 Å². The number of nitrogens with one attached hydrogen (secondary N) is 1. The Bertz CT molecular complexity index is 878. The molecule has 1 aromatic heterocycles. The fourth-order valence-electron chi connectivity index (χ4n) is 3.10. The third kappa shape index (κ3) is 2.44. The highest BCUT2D eigenvalue weighted by Gasteiger charge is 2.32. The molecule has 120 valence electrons. The lowest BCUT2D eigenvalue weighted by molar-refractivity contribution is 0.0858. The number of para-hydroxylation sites is 1. The smallest absolute Gasteiger partial charge is 0.254 e. The maximum Gasteiger partial charge on any atom is 0.254 e. The van der Waals surface area contributed by atoms with E-state index >= 15 is 0 Å². The number of carbonyl (C=O) groups is 1. The Morgan fingerprint density at radius 2 is 1.96 bits per heavy atom. The van der Waals surface area contributed by atoms with Crippen LogP contribution in [-0.2, 0) is 6.42 Å². The highest BCUT2D eigenvalue weighted by Crippen LogP contribution is 2.31. The first-order valence-corrected chi connectivity index (χ1v) is 7.63. The van der Waals surface area contributed by atoms with Crippen molar-refractivity contribution in [1.82, 2.24) is 25.5 Å². The maximum absolute atomic E-state index is 12.8. The first-order valence-electron chi connectivity index (χ1n) is 7.63. The van der Waals surface area contributed by atoms with E-state index in [1.54, 1.807) is 18.2 Å². The van der Waals surface area contributed by atoms with Gasteiger partial charge >= 0.3 is 0 Å². The predicted octanol–water partition coefficient (Wildman–Crippen LogP) is 1.05. The third-order valence-corrected chi connectivity index (χ3v) is 4.24. The number of hydrogen-bond donors (Lipinski definition) is 2. The van der Waals surface area contributed by atoms with E-state index in [4.69, 9.17) is 0 Å². The molecule has 2 atom stereocenters. The molecule has 0 saturated carbocycles. The quantitative estimate of drug-likeness (QED) is 0.752. The minimum absolute atomic E-state index is 0.276. The Labute approximate surface area is 137 Å². The van der Waals surface area contributed by atoms with Crippen LogP contribution in [0.2, 0.25) is 0 Å². The van der Waals surface area contributed by atoms with Gasteiger partial charge < -0.3 is 10.4 Å². The van der Waals surface area contributed by atoms with Gasteiger partial charge in [-0.05, 0) is 33.7 Å². The van der Waals surface area contributed by atoms with Crippen LogP contribution in [0.1, 0.15) is 27.5 Å². The van der Waals surface area contributed by atoms with Crippen molar-refractivity contribution in [2.75, 3.05) is 0 Å². The molecule has 1 aliphatic carbocycles. The summed E-state index contributed by atoms with van der Waals surface area (Å²) in [6.07, 6.45) is 1.34. The molecular formula is C17H15N5O2. The molecule has 0 bridgehead atoms. The average molecular weight is 321 g/mol. The number of amides is 1. The summed E-state index contributed by atoms with van der Waals surface area (Å²) in [6, 6.07) is 14.4. The number of fused-ring (bicyclic) bond motifs is 1. The second-order valence-corrected chi connectivity index (χ2v) is 5.69. The van der Waals surface area contributed by atoms with Crippen LogP contribution in [-0.4, -0.2) is 37.3 Å². The van der Waals surface area contributed by atoms with Gasteiger partial charge in [0, 0.05) is 6.42 Å². The van der Waals surface area contributed by atoms with Crippen molar-refractivity contribution in [1.29, 1.82) is 0 Å². The molecule has 1 amide bonds. The summed E-state index contributed by atoms with van der Waals surface area (Å²) in [4.78, 5) is 12.8. The summed E-state index contributed by atoms with van der Waals surface area (Å²) in [5.41, 5.74) is 3.05. The van der Waals surface area contributed by atoms with Crippen molar-refractivity contribution < 1.29 is 9.90 Å². The van der Waals surface area contributed by atoms with Crippen molar-refractivity contribution in [3.8, 4) is 5.69 Å². The van der Waals surface area contributed by atoms with E-state index in [-0.39, 0.29) is 5.91 Å². The highest BCUT2D eigenvalue weighted by atomic mass is 16.3. The molecule has 7 heteroatoms. The Hall–Kier alpha value is -3.06. The van der Waals surface area contributed by atoms with Gasteiger partial charge in [0.2, 0.25) is 0 Å². The van der Waals surface area contributed by atoms with Crippen LogP contribution in [0.5, 0.6) is 0 Å². The summed E-state index contributed by atoms with van der Waals surface area (Å²) in [6.45, 7) is 0. The molecule has 0 radical (unpaired) electrons. The van der Waals surface area contributed by atoms with Crippen LogP contribution in [0.15, 0.2) is 54.9 Å². The summed E-state index contributed by atoms with van der Waals surface area (Å²) in [5.74, 6) is -0.276. The van der Waals surface area contributed by atoms with Gasteiger partial charge in [-0.3, -0.25) is 4.79 Å². The standard InChI is InChI=1S/C17H15N5O2/c23-15-9-11-5-1-2-6-12(11)16(15)19-17(24)13-7-3-4-8-14(13)22-10-18-20-21-22/h1-8,10,15-16,23H,9H2,(H,19,24)/t15-,16+/m1/s1. The van der Waals surface area contributed by atoms with Crippen LogP contribution in [0, 0.1) is 0 Å². The van der Waals surface area contributed by atoms with Gasteiger partial charge in [0.1, 0.15) is 6.33 Å². The van der Waals surface area contributed by atoms with E-state index in [0.717, 1.165) is 11.1 Å². The minimum Gasteiger partial charge on any atom is -0.390 e. The molecule has 3 aromatic rings. The third-order valence-electron chi connectivity index (χ3n) is 4.24. The number of hydrogen-bond acceptors (Lipinski definition) is 5. The Balaban J connectivity index is 1.64. The largest absolute Gasteiger partial charge is 0.390 e. The molecule has 2 N–H and O–H groups in total. The van der Waals surface area contributed by atoms with Gasteiger partial charge in [-0.2, -0.15) is 4.68 Å². The molecule has 0 unspecified atom stereocenters. The lowest BCUT2D eigenvalue weighted by atomic mass is 10.1. The molecule has 1 aliphatic rings. The van der Waals surface area contributed by atoms with Gasteiger partial charge in [-0.1, -0.05) is 36.4 Å². The minimum atomic E-state index is -0.633. The molecule has 4 rings (SSSR count). The highest BCUT2D eigenvalue weighted by molar-refractivity contribution is 5.98. The van der Waals surface area contributed by atoms with Crippen molar-refractivity contribution in [2.24, 2.45) is 0 Å². The lowest BCUT2D eigenvalue weighted by Crippen LogP contribution is -2.34. The Morgan fingerprint density at radius 1 is 1.17 bits per heavy atom. The zero-order chi connectivity index (χ0) is 16.5. The fraction of sp³-hybridized carbons (Fsp3) is 0.176. The van der Waals surface area contributed by atoms with E-state index in [2.05, 4.69) is 20.8 Å². The summed E-state index contributed by atoms with van der Waals surface area (Å²) in [7, 11) is 0. The molecule has 2 aromatic carbocycles. The lowest BCUT2D eigenvalue weighted by Gasteiger charge is -2.19. The van der Waals surface area contributed by atoms with Crippen molar-refractivity contribution in [3.63, 3.8) is 0 Å². The van der Waals surface area contributed by atoms with Crippen LogP contribution in [0.3, 0.4) is 0 Å². The number of nitrogens with zero attached hydrogens (tertiary/aromatic N) is 4. The number of aromatic nitrogens is 4. The maximum atomic E-state index is 12.8. The number of aliphatic hydroxyl groups is 1. The average Bonchev–Trinajstić information content (AvgIpc) is 3.24. The van der Waals surface area contributed by atoms with Crippen molar-refractivity contribution >= 4 is 5.91 Å². The van der Waals surface area contributed by atoms with E-state index < -0.39 is 12.1 Å². The number of rotatable bonds is 3. The van der Waals surface area contributed by atoms with E-state index in [1.165, 1.54) is 11.0 Å². The second kappa shape index (κ2) is 5.86. The predicted molar refractivity (Wildman–Crippen MR) is 85.5 cm³/mol. The van der Waals surface area contributed by atoms with Crippen LogP contribution in [0.4, 0.5) is 0 Å². The fourth-order valence-corrected chi connectivity index (χ4v) is 3.10. The number of carbonyl (C=O) groups excluding carboxylic acids is 1. The molecule has 1 heterocycles. The normalized spacial score (nSPS) is 19.0. The molecule has 0 saturated heterocycles. The zero-order valence-electron chi connectivity index (χ0n) is 12.7. The zero-order valence-corrected chi connectivity index (χ0v) is 12.7. The number of aliphatic hydroxyl groups excluding tert-OH is 1. The number of benzene rings is 2. The Kier molecular flexibility index (Phi) is 3.55. The summed E-state index contributed by atoms with van der Waals surface area (Å²) in [5, 5.41) is 24.3. The van der Waals surface area contributed by atoms with Gasteiger partial charge in [0.25, 0.3) is 5.91 Å². The molecule has 0 spiro atoms. The first kappa shape index (κ1) is 14.5. The van der Waals surface area contributed by atoms with Gasteiger partial charge in [-0.15, -0.1) is 5.10 Å². The van der Waals surface area contributed by atoms with Gasteiger partial charge in [0.15, 0.2) is 0 Å². The topological polar surface area (TPSA) is 92.9 Å². The monoisotopic (exact) mass is 321 g/mol. The summed E-state index contributed by atoms with van der Waals surface area (Å²) < 4.78 is 1.44. The second-order valence-electron chi connectivity index (χ2n) is 5.69. The van der Waals surface area contributed by atoms with Crippen LogP contribution >= 0.6 is 0 Å². The Morgan fingerprint density at radius 3 is 2.79 bits per heavy atom. The molecule has 0 fully saturated rings. The van der Waals surface area contributed by atoms with Gasteiger partial charge in [-0.25, -0.2) is 0 Å². The van der Waals surface area contributed by atoms with Gasteiger partial charge in [0.05, 0.1) is 23.4 Å². The number of tetrazole rings is 1. The van der Waals surface area contributed by atoms with Crippen molar-refractivity contribution in [3.05, 3.63) is 71.5 Å². The van der Waals surface area contributed by atoms with E-state index in [1.807, 2.05) is 30.3 Å². The molecule has 0 aliphatic heterocycles. The summed E-state index contributed by atoms with van der Waals surface area (Å²) >= 11 is 0. The van der Waals surface area contributed by atoms with Crippen LogP contribution in [0.25, 0.3) is 5.69 Å². The SMILES string of the molecule is O=C(N[C@H]1c2ccccc2C[C@H]1O)c1ccccc1-n1cnnn1.